The van der Waals surface area contributed by atoms with E-state index < -0.39 is 8.07 Å². The molecule has 0 amide bonds. The van der Waals surface area contributed by atoms with Crippen molar-refractivity contribution in [1.29, 1.82) is 0 Å². The Bertz CT molecular complexity index is 633. The summed E-state index contributed by atoms with van der Waals surface area (Å²) >= 11 is 0. The maximum atomic E-state index is 6.26. The first-order valence-corrected chi connectivity index (χ1v) is 13.4. The van der Waals surface area contributed by atoms with Crippen molar-refractivity contribution in [2.75, 3.05) is 34.4 Å². The Hall–Kier alpha value is -1.32. The predicted octanol–water partition coefficient (Wildman–Crippen LogP) is 3.29. The molecular weight excluding hydrogens is 380 g/mol. The van der Waals surface area contributed by atoms with E-state index in [1.165, 1.54) is 0 Å². The second kappa shape index (κ2) is 9.45. The van der Waals surface area contributed by atoms with Crippen molar-refractivity contribution in [2.24, 2.45) is 0 Å². The first-order valence-electron chi connectivity index (χ1n) is 9.73. The molecule has 2 fully saturated rings. The molecule has 0 N–H and O–H groups in total. The van der Waals surface area contributed by atoms with Gasteiger partial charge in [-0.15, -0.1) is 0 Å². The van der Waals surface area contributed by atoms with Gasteiger partial charge in [0.1, 0.15) is 25.1 Å². The lowest BCUT2D eigenvalue weighted by atomic mass is 10.2. The molecule has 0 bridgehead atoms. The quantitative estimate of drug-likeness (QED) is 0.226. The molecule has 1 heterocycles. The number of fused-ring (bicyclic) bond motifs is 1. The minimum atomic E-state index is -1.12. The van der Waals surface area contributed by atoms with Crippen molar-refractivity contribution in [3.8, 4) is 17.2 Å². The Morgan fingerprint density at radius 3 is 2.50 bits per heavy atom. The van der Waals surface area contributed by atoms with Crippen molar-refractivity contribution >= 4 is 8.07 Å². The van der Waals surface area contributed by atoms with Gasteiger partial charge in [0.15, 0.2) is 18.3 Å². The fourth-order valence-electron chi connectivity index (χ4n) is 3.25. The summed E-state index contributed by atoms with van der Waals surface area (Å²) in [5.74, 6) is 1.80. The third-order valence-electron chi connectivity index (χ3n) is 4.88. The Labute approximate surface area is 168 Å². The highest BCUT2D eigenvalue weighted by molar-refractivity contribution is 6.76. The minimum Gasteiger partial charge on any atom is -0.493 e. The number of methoxy groups -OCH3 is 2. The maximum Gasteiger partial charge on any atom is 0.204 e. The van der Waals surface area contributed by atoms with Crippen LogP contribution in [0.25, 0.3) is 0 Å². The monoisotopic (exact) mass is 412 g/mol. The fraction of sp³-hybridized carbons (Fsp3) is 0.700. The molecule has 1 saturated heterocycles. The van der Waals surface area contributed by atoms with Crippen LogP contribution in [0.3, 0.4) is 0 Å². The first kappa shape index (κ1) is 21.4. The average Bonchev–Trinajstić information content (AvgIpc) is 3.38. The van der Waals surface area contributed by atoms with Crippen LogP contribution in [-0.4, -0.2) is 66.9 Å². The molecule has 8 heteroatoms. The van der Waals surface area contributed by atoms with Crippen LogP contribution in [0.2, 0.25) is 25.7 Å². The molecule has 1 aliphatic heterocycles. The van der Waals surface area contributed by atoms with Crippen molar-refractivity contribution in [1.82, 2.24) is 0 Å². The molecule has 158 valence electrons. The van der Waals surface area contributed by atoms with Crippen molar-refractivity contribution < 1.29 is 33.2 Å². The lowest BCUT2D eigenvalue weighted by molar-refractivity contribution is -0.0882. The zero-order valence-electron chi connectivity index (χ0n) is 17.4. The lowest BCUT2D eigenvalue weighted by Gasteiger charge is -2.21. The van der Waals surface area contributed by atoms with Gasteiger partial charge >= 0.3 is 0 Å². The summed E-state index contributed by atoms with van der Waals surface area (Å²) in [6.45, 7) is 8.11. The third kappa shape index (κ3) is 5.61. The van der Waals surface area contributed by atoms with E-state index in [0.717, 1.165) is 12.5 Å². The minimum absolute atomic E-state index is 0.0149. The Morgan fingerprint density at radius 2 is 1.79 bits per heavy atom. The van der Waals surface area contributed by atoms with Gasteiger partial charge in [0.2, 0.25) is 5.75 Å². The van der Waals surface area contributed by atoms with Gasteiger partial charge in [-0.2, -0.15) is 0 Å². The molecule has 4 atom stereocenters. The second-order valence-electron chi connectivity index (χ2n) is 8.34. The number of benzene rings is 1. The summed E-state index contributed by atoms with van der Waals surface area (Å²) in [7, 11) is 2.11. The summed E-state index contributed by atoms with van der Waals surface area (Å²) in [4.78, 5) is 0. The molecule has 1 aromatic rings. The number of ether oxygens (including phenoxy) is 7. The highest BCUT2D eigenvalue weighted by Crippen LogP contribution is 2.46. The molecule has 0 unspecified atom stereocenters. The van der Waals surface area contributed by atoms with E-state index in [1.807, 2.05) is 18.2 Å². The molecule has 1 aromatic carbocycles. The topological polar surface area (TPSA) is 67.9 Å². The van der Waals surface area contributed by atoms with Crippen LogP contribution >= 0.6 is 0 Å². The van der Waals surface area contributed by atoms with Crippen molar-refractivity contribution in [3.63, 3.8) is 0 Å². The normalized spacial score (nSPS) is 26.0. The van der Waals surface area contributed by atoms with Crippen LogP contribution < -0.4 is 14.2 Å². The van der Waals surface area contributed by atoms with Gasteiger partial charge in [-0.05, 0) is 18.2 Å². The van der Waals surface area contributed by atoms with Crippen LogP contribution in [-0.2, 0) is 18.9 Å². The lowest BCUT2D eigenvalue weighted by Crippen LogP contribution is -2.24. The van der Waals surface area contributed by atoms with E-state index >= 15 is 0 Å². The molecular formula is C20H32O7Si. The fourth-order valence-corrected chi connectivity index (χ4v) is 4.00. The summed E-state index contributed by atoms with van der Waals surface area (Å²) in [5, 5.41) is 0. The van der Waals surface area contributed by atoms with Crippen molar-refractivity contribution in [3.05, 3.63) is 18.2 Å². The van der Waals surface area contributed by atoms with Gasteiger partial charge in [0, 0.05) is 28.2 Å². The van der Waals surface area contributed by atoms with Gasteiger partial charge < -0.3 is 33.2 Å². The van der Waals surface area contributed by atoms with E-state index in [-0.39, 0.29) is 38.0 Å². The van der Waals surface area contributed by atoms with E-state index in [4.69, 9.17) is 33.2 Å². The molecule has 3 rings (SSSR count). The summed E-state index contributed by atoms with van der Waals surface area (Å²) in [6.07, 6.45) is 0.720. The summed E-state index contributed by atoms with van der Waals surface area (Å²) in [5.41, 5.74) is 0. The van der Waals surface area contributed by atoms with Crippen molar-refractivity contribution in [2.45, 2.75) is 56.5 Å². The smallest absolute Gasteiger partial charge is 0.204 e. The van der Waals surface area contributed by atoms with Gasteiger partial charge in [-0.25, -0.2) is 0 Å². The Balaban J connectivity index is 1.58. The zero-order valence-corrected chi connectivity index (χ0v) is 18.4. The largest absolute Gasteiger partial charge is 0.493 e. The molecule has 7 nitrogen and oxygen atoms in total. The van der Waals surface area contributed by atoms with E-state index in [9.17, 15) is 0 Å². The van der Waals surface area contributed by atoms with E-state index in [1.54, 1.807) is 14.2 Å². The number of para-hydroxylation sites is 1. The Kier molecular flexibility index (Phi) is 7.22. The molecule has 0 aromatic heterocycles. The molecule has 0 radical (unpaired) electrons. The highest BCUT2D eigenvalue weighted by atomic mass is 28.3. The number of rotatable bonds is 12. The third-order valence-corrected chi connectivity index (χ3v) is 6.59. The zero-order chi connectivity index (χ0) is 20.1. The SMILES string of the molecule is COCO[C@H]1C[C@@H](Oc2c(OC)cccc2OCOCC[Si](C)(C)C)[C@H]2O[C@@H]21. The van der Waals surface area contributed by atoms with Gasteiger partial charge in [-0.1, -0.05) is 25.7 Å². The van der Waals surface area contributed by atoms with Crippen LogP contribution in [0.5, 0.6) is 17.2 Å². The molecule has 0 spiro atoms. The number of hydrogen-bond acceptors (Lipinski definition) is 7. The molecule has 2 aliphatic rings. The average molecular weight is 413 g/mol. The van der Waals surface area contributed by atoms with E-state index in [2.05, 4.69) is 19.6 Å². The van der Waals surface area contributed by atoms with E-state index in [0.29, 0.717) is 23.9 Å². The summed E-state index contributed by atoms with van der Waals surface area (Å²) in [6, 6.07) is 6.69. The molecule has 28 heavy (non-hydrogen) atoms. The van der Waals surface area contributed by atoms with Gasteiger partial charge in [0.05, 0.1) is 13.2 Å². The standard InChI is InChI=1S/C20H32O7Si/c1-21-12-24-16-11-17(20-19(16)27-20)26-18-14(22-2)7-6-8-15(18)25-13-23-9-10-28(3,4)5/h6-8,16-17,19-20H,9-13H2,1-5H3/t16-,17+,19+,20+/m0/s1. The van der Waals surface area contributed by atoms with Gasteiger partial charge in [-0.3, -0.25) is 0 Å². The maximum absolute atomic E-state index is 6.26. The molecule has 1 aliphatic carbocycles. The van der Waals surface area contributed by atoms with Crippen LogP contribution in [0, 0.1) is 0 Å². The first-order chi connectivity index (χ1) is 13.4. The predicted molar refractivity (Wildman–Crippen MR) is 107 cm³/mol. The van der Waals surface area contributed by atoms with Crippen LogP contribution in [0.15, 0.2) is 18.2 Å². The molecule has 1 saturated carbocycles. The van der Waals surface area contributed by atoms with Crippen LogP contribution in [0.1, 0.15) is 6.42 Å². The Morgan fingerprint density at radius 1 is 1.04 bits per heavy atom. The summed E-state index contributed by atoms with van der Waals surface area (Å²) < 4.78 is 39.6. The van der Waals surface area contributed by atoms with Crippen LogP contribution in [0.4, 0.5) is 0 Å². The van der Waals surface area contributed by atoms with Gasteiger partial charge in [0.25, 0.3) is 0 Å². The number of hydrogen-bond donors (Lipinski definition) is 0. The number of epoxide rings is 1. The second-order valence-corrected chi connectivity index (χ2v) is 14.0. The highest BCUT2D eigenvalue weighted by Gasteiger charge is 2.59.